The van der Waals surface area contributed by atoms with Crippen LogP contribution in [0.25, 0.3) is 0 Å². The first-order valence-electron chi connectivity index (χ1n) is 5.77. The highest BCUT2D eigenvalue weighted by Gasteiger charge is 2.33. The highest BCUT2D eigenvalue weighted by atomic mass is 19.4. The molecule has 2 N–H and O–H groups in total. The van der Waals surface area contributed by atoms with Gasteiger partial charge in [-0.25, -0.2) is 4.39 Å². The van der Waals surface area contributed by atoms with Gasteiger partial charge in [0.1, 0.15) is 5.82 Å². The number of nitrogens with zero attached hydrogens (tertiary/aromatic N) is 1. The van der Waals surface area contributed by atoms with Crippen LogP contribution < -0.4 is 10.6 Å². The third-order valence-electron chi connectivity index (χ3n) is 2.73. The molecule has 2 rings (SSSR count). The maximum Gasteiger partial charge on any atom is 0.416 e. The molecule has 0 amide bonds. The topological polar surface area (TPSA) is 36.4 Å². The third-order valence-corrected chi connectivity index (χ3v) is 2.73. The van der Waals surface area contributed by atoms with Crippen LogP contribution in [0.1, 0.15) is 18.1 Å². The molecule has 0 spiro atoms. The van der Waals surface area contributed by atoms with Gasteiger partial charge in [-0.3, -0.25) is 4.99 Å². The predicted molar refractivity (Wildman–Crippen MR) is 63.1 cm³/mol. The summed E-state index contributed by atoms with van der Waals surface area (Å²) in [5, 5.41) is 5.75. The SMILES string of the molecule is CC1CN=C(NCc2ccc(F)cc2C(F)(F)F)N1. The number of hydrogen-bond donors (Lipinski definition) is 2. The molecule has 1 aromatic carbocycles. The first-order valence-corrected chi connectivity index (χ1v) is 5.77. The summed E-state index contributed by atoms with van der Waals surface area (Å²) in [5.41, 5.74) is -0.982. The maximum absolute atomic E-state index is 12.9. The van der Waals surface area contributed by atoms with Gasteiger partial charge in [0.25, 0.3) is 0 Å². The minimum Gasteiger partial charge on any atom is -0.352 e. The number of alkyl halides is 3. The Morgan fingerprint density at radius 1 is 1.42 bits per heavy atom. The molecule has 1 aliphatic heterocycles. The van der Waals surface area contributed by atoms with E-state index < -0.39 is 17.6 Å². The molecule has 0 fully saturated rings. The van der Waals surface area contributed by atoms with Gasteiger partial charge in [0.2, 0.25) is 0 Å². The van der Waals surface area contributed by atoms with Crippen molar-refractivity contribution < 1.29 is 17.6 Å². The van der Waals surface area contributed by atoms with E-state index in [1.54, 1.807) is 0 Å². The summed E-state index contributed by atoms with van der Waals surface area (Å²) in [6.45, 7) is 2.43. The number of aliphatic imine (C=N–C) groups is 1. The lowest BCUT2D eigenvalue weighted by molar-refractivity contribution is -0.138. The van der Waals surface area contributed by atoms with Gasteiger partial charge in [0, 0.05) is 12.6 Å². The van der Waals surface area contributed by atoms with Gasteiger partial charge in [-0.15, -0.1) is 0 Å². The Kier molecular flexibility index (Phi) is 3.64. The van der Waals surface area contributed by atoms with Crippen molar-refractivity contribution in [2.24, 2.45) is 4.99 Å². The fourth-order valence-electron chi connectivity index (χ4n) is 1.81. The third kappa shape index (κ3) is 3.36. The largest absolute Gasteiger partial charge is 0.416 e. The van der Waals surface area contributed by atoms with Crippen LogP contribution in [-0.2, 0) is 12.7 Å². The number of guanidine groups is 1. The van der Waals surface area contributed by atoms with Gasteiger partial charge >= 0.3 is 6.18 Å². The average molecular weight is 275 g/mol. The molecule has 104 valence electrons. The summed E-state index contributed by atoms with van der Waals surface area (Å²) in [6.07, 6.45) is -4.57. The van der Waals surface area contributed by atoms with Crippen LogP contribution in [0.15, 0.2) is 23.2 Å². The number of nitrogens with one attached hydrogen (secondary N) is 2. The summed E-state index contributed by atoms with van der Waals surface area (Å²) in [7, 11) is 0. The molecule has 0 saturated carbocycles. The molecule has 0 aliphatic carbocycles. The standard InChI is InChI=1S/C12H13F4N3/c1-7-5-17-11(19-7)18-6-8-2-3-9(13)4-10(8)12(14,15)16/h2-4,7H,5-6H2,1H3,(H2,17,18,19). The Bertz CT molecular complexity index is 496. The maximum atomic E-state index is 12.9. The highest BCUT2D eigenvalue weighted by molar-refractivity contribution is 5.81. The van der Waals surface area contributed by atoms with E-state index in [-0.39, 0.29) is 18.2 Å². The molecule has 1 heterocycles. The van der Waals surface area contributed by atoms with Crippen molar-refractivity contribution in [3.8, 4) is 0 Å². The number of benzene rings is 1. The fraction of sp³-hybridized carbons (Fsp3) is 0.417. The van der Waals surface area contributed by atoms with E-state index in [0.29, 0.717) is 18.6 Å². The Hall–Kier alpha value is -1.79. The summed E-state index contributed by atoms with van der Waals surface area (Å²) >= 11 is 0. The molecule has 0 radical (unpaired) electrons. The van der Waals surface area contributed by atoms with Crippen molar-refractivity contribution >= 4 is 5.96 Å². The van der Waals surface area contributed by atoms with Crippen LogP contribution in [0.3, 0.4) is 0 Å². The van der Waals surface area contributed by atoms with Crippen LogP contribution in [0, 0.1) is 5.82 Å². The Balaban J connectivity index is 2.12. The van der Waals surface area contributed by atoms with E-state index >= 15 is 0 Å². The van der Waals surface area contributed by atoms with Crippen LogP contribution >= 0.6 is 0 Å². The zero-order chi connectivity index (χ0) is 14.0. The van der Waals surface area contributed by atoms with Gasteiger partial charge < -0.3 is 10.6 Å². The van der Waals surface area contributed by atoms with Gasteiger partial charge in [-0.2, -0.15) is 13.2 Å². The Morgan fingerprint density at radius 3 is 2.74 bits per heavy atom. The molecule has 0 aromatic heterocycles. The number of hydrogen-bond acceptors (Lipinski definition) is 3. The molecule has 0 bridgehead atoms. The normalized spacial score (nSPS) is 19.0. The lowest BCUT2D eigenvalue weighted by atomic mass is 10.1. The lowest BCUT2D eigenvalue weighted by Crippen LogP contribution is -2.37. The average Bonchev–Trinajstić information content (AvgIpc) is 2.72. The molecule has 1 aliphatic rings. The molecule has 7 heteroatoms. The van der Waals surface area contributed by atoms with E-state index in [4.69, 9.17) is 0 Å². The molecule has 1 unspecified atom stereocenters. The summed E-state index contributed by atoms with van der Waals surface area (Å²) < 4.78 is 51.2. The van der Waals surface area contributed by atoms with Crippen molar-refractivity contribution in [2.45, 2.75) is 25.7 Å². The van der Waals surface area contributed by atoms with Gasteiger partial charge in [0.05, 0.1) is 12.1 Å². The Morgan fingerprint density at radius 2 is 2.16 bits per heavy atom. The molecular weight excluding hydrogens is 262 g/mol. The van der Waals surface area contributed by atoms with Crippen molar-refractivity contribution in [1.29, 1.82) is 0 Å². The van der Waals surface area contributed by atoms with E-state index in [9.17, 15) is 17.6 Å². The number of halogens is 4. The quantitative estimate of drug-likeness (QED) is 0.812. The zero-order valence-corrected chi connectivity index (χ0v) is 10.2. The number of rotatable bonds is 2. The van der Waals surface area contributed by atoms with Crippen molar-refractivity contribution in [3.63, 3.8) is 0 Å². The molecule has 0 saturated heterocycles. The van der Waals surface area contributed by atoms with Crippen molar-refractivity contribution in [2.75, 3.05) is 6.54 Å². The van der Waals surface area contributed by atoms with E-state index in [2.05, 4.69) is 15.6 Å². The fourth-order valence-corrected chi connectivity index (χ4v) is 1.81. The minimum absolute atomic E-state index is 0.0158. The monoisotopic (exact) mass is 275 g/mol. The molecule has 19 heavy (non-hydrogen) atoms. The second kappa shape index (κ2) is 5.07. The summed E-state index contributed by atoms with van der Waals surface area (Å²) in [5.74, 6) is -0.439. The first kappa shape index (κ1) is 13.6. The predicted octanol–water partition coefficient (Wildman–Crippen LogP) is 2.28. The second-order valence-electron chi connectivity index (χ2n) is 4.39. The second-order valence-corrected chi connectivity index (χ2v) is 4.39. The first-order chi connectivity index (χ1) is 8.86. The van der Waals surface area contributed by atoms with Crippen LogP contribution in [0.2, 0.25) is 0 Å². The summed E-state index contributed by atoms with van der Waals surface area (Å²) in [6, 6.07) is 2.81. The summed E-state index contributed by atoms with van der Waals surface area (Å²) in [4.78, 5) is 4.08. The van der Waals surface area contributed by atoms with Crippen molar-refractivity contribution in [3.05, 3.63) is 35.1 Å². The highest BCUT2D eigenvalue weighted by Crippen LogP contribution is 2.32. The van der Waals surface area contributed by atoms with Gasteiger partial charge in [-0.05, 0) is 24.6 Å². The van der Waals surface area contributed by atoms with Crippen LogP contribution in [0.5, 0.6) is 0 Å². The van der Waals surface area contributed by atoms with E-state index in [1.165, 1.54) is 0 Å². The molecular formula is C12H13F4N3. The molecule has 1 aromatic rings. The van der Waals surface area contributed by atoms with Crippen LogP contribution in [-0.4, -0.2) is 18.5 Å². The van der Waals surface area contributed by atoms with E-state index in [1.807, 2.05) is 6.92 Å². The minimum atomic E-state index is -4.57. The zero-order valence-electron chi connectivity index (χ0n) is 10.2. The van der Waals surface area contributed by atoms with Gasteiger partial charge in [-0.1, -0.05) is 6.07 Å². The van der Waals surface area contributed by atoms with Crippen molar-refractivity contribution in [1.82, 2.24) is 10.6 Å². The lowest BCUT2D eigenvalue weighted by Gasteiger charge is -2.14. The Labute approximate surface area is 107 Å². The molecule has 1 atom stereocenters. The molecule has 3 nitrogen and oxygen atoms in total. The van der Waals surface area contributed by atoms with Gasteiger partial charge in [0.15, 0.2) is 5.96 Å². The smallest absolute Gasteiger partial charge is 0.352 e. The van der Waals surface area contributed by atoms with E-state index in [0.717, 1.165) is 12.1 Å². The van der Waals surface area contributed by atoms with Crippen LogP contribution in [0.4, 0.5) is 17.6 Å².